The molecule has 7 nitrogen and oxygen atoms in total. The molecule has 0 saturated heterocycles. The summed E-state index contributed by atoms with van der Waals surface area (Å²) in [6, 6.07) is 9.86. The summed E-state index contributed by atoms with van der Waals surface area (Å²) in [5.74, 6) is -1.14. The van der Waals surface area contributed by atoms with Crippen molar-refractivity contribution >= 4 is 11.9 Å². The Morgan fingerprint density at radius 1 is 1.31 bits per heavy atom. The standard InChI is InChI=1S/C19H25N3O4/c1-3-26-18(24)12-17(23)19(25)20-11-7-8-15-13-22(21-14(15)2)16-9-5-4-6-10-16/h4-6,9-10,13,17,23H,3,7-8,11-12H2,1-2H3,(H,20,25)/t17-/m1/s1. The molecular formula is C19H25N3O4. The van der Waals surface area contributed by atoms with Crippen molar-refractivity contribution in [2.24, 2.45) is 0 Å². The number of rotatable bonds is 9. The molecule has 1 heterocycles. The number of para-hydroxylation sites is 1. The van der Waals surface area contributed by atoms with E-state index in [0.717, 1.165) is 23.4 Å². The Bertz CT molecular complexity index is 728. The molecule has 0 saturated carbocycles. The van der Waals surface area contributed by atoms with Gasteiger partial charge in [-0.15, -0.1) is 0 Å². The molecule has 0 aliphatic rings. The van der Waals surface area contributed by atoms with E-state index in [2.05, 4.69) is 10.4 Å². The minimum absolute atomic E-state index is 0.225. The second kappa shape index (κ2) is 9.72. The highest BCUT2D eigenvalue weighted by Gasteiger charge is 2.19. The number of nitrogens with one attached hydrogen (secondary N) is 1. The Morgan fingerprint density at radius 2 is 2.04 bits per heavy atom. The first-order chi connectivity index (χ1) is 12.5. The van der Waals surface area contributed by atoms with E-state index in [1.54, 1.807) is 6.92 Å². The molecule has 2 rings (SSSR count). The van der Waals surface area contributed by atoms with Gasteiger partial charge in [0, 0.05) is 12.7 Å². The third kappa shape index (κ3) is 5.70. The number of aliphatic hydroxyl groups is 1. The zero-order valence-corrected chi connectivity index (χ0v) is 15.1. The normalized spacial score (nSPS) is 11.8. The highest BCUT2D eigenvalue weighted by atomic mass is 16.5. The first-order valence-corrected chi connectivity index (χ1v) is 8.73. The highest BCUT2D eigenvalue weighted by Crippen LogP contribution is 2.13. The maximum Gasteiger partial charge on any atom is 0.308 e. The van der Waals surface area contributed by atoms with Gasteiger partial charge in [-0.05, 0) is 44.4 Å². The van der Waals surface area contributed by atoms with Crippen LogP contribution in [0.25, 0.3) is 5.69 Å². The maximum absolute atomic E-state index is 11.8. The lowest BCUT2D eigenvalue weighted by molar-refractivity contribution is -0.148. The number of aromatic nitrogens is 2. The highest BCUT2D eigenvalue weighted by molar-refractivity contribution is 5.85. The van der Waals surface area contributed by atoms with Crippen molar-refractivity contribution in [2.75, 3.05) is 13.2 Å². The van der Waals surface area contributed by atoms with E-state index in [1.807, 2.05) is 48.1 Å². The number of nitrogens with zero attached hydrogens (tertiary/aromatic N) is 2. The van der Waals surface area contributed by atoms with Crippen molar-refractivity contribution in [2.45, 2.75) is 39.2 Å². The quantitative estimate of drug-likeness (QED) is 0.523. The van der Waals surface area contributed by atoms with Crippen LogP contribution in [0.5, 0.6) is 0 Å². The lowest BCUT2D eigenvalue weighted by Crippen LogP contribution is -2.36. The minimum Gasteiger partial charge on any atom is -0.466 e. The number of aliphatic hydroxyl groups excluding tert-OH is 1. The molecule has 26 heavy (non-hydrogen) atoms. The van der Waals surface area contributed by atoms with Crippen molar-refractivity contribution in [3.8, 4) is 5.69 Å². The Labute approximate surface area is 153 Å². The second-order valence-electron chi connectivity index (χ2n) is 5.94. The summed E-state index contributed by atoms with van der Waals surface area (Å²) in [7, 11) is 0. The lowest BCUT2D eigenvalue weighted by Gasteiger charge is -2.10. The van der Waals surface area contributed by atoms with Crippen LogP contribution in [-0.4, -0.2) is 46.0 Å². The van der Waals surface area contributed by atoms with E-state index in [0.29, 0.717) is 13.0 Å². The smallest absolute Gasteiger partial charge is 0.308 e. The molecule has 2 aromatic rings. The predicted molar refractivity (Wildman–Crippen MR) is 96.9 cm³/mol. The van der Waals surface area contributed by atoms with Crippen LogP contribution in [0.15, 0.2) is 36.5 Å². The predicted octanol–water partition coefficient (Wildman–Crippen LogP) is 1.54. The molecule has 0 aliphatic heterocycles. The van der Waals surface area contributed by atoms with Crippen molar-refractivity contribution in [1.82, 2.24) is 15.1 Å². The molecule has 1 amide bonds. The zero-order valence-electron chi connectivity index (χ0n) is 15.1. The average molecular weight is 359 g/mol. The van der Waals surface area contributed by atoms with Gasteiger partial charge in [0.2, 0.25) is 5.91 Å². The third-order valence-corrected chi connectivity index (χ3v) is 3.91. The van der Waals surface area contributed by atoms with E-state index >= 15 is 0 Å². The number of ether oxygens (including phenoxy) is 1. The molecular weight excluding hydrogens is 334 g/mol. The van der Waals surface area contributed by atoms with Gasteiger partial charge in [-0.2, -0.15) is 5.10 Å². The zero-order chi connectivity index (χ0) is 18.9. The summed E-state index contributed by atoms with van der Waals surface area (Å²) < 4.78 is 6.55. The molecule has 0 aliphatic carbocycles. The van der Waals surface area contributed by atoms with Crippen LogP contribution in [-0.2, 0) is 20.7 Å². The molecule has 2 N–H and O–H groups in total. The van der Waals surface area contributed by atoms with Gasteiger partial charge in [0.15, 0.2) is 0 Å². The summed E-state index contributed by atoms with van der Waals surface area (Å²) in [5.41, 5.74) is 3.05. The number of amides is 1. The summed E-state index contributed by atoms with van der Waals surface area (Å²) in [5, 5.41) is 16.8. The fraction of sp³-hybridized carbons (Fsp3) is 0.421. The fourth-order valence-electron chi connectivity index (χ4n) is 2.53. The van der Waals surface area contributed by atoms with Crippen molar-refractivity contribution < 1.29 is 19.4 Å². The maximum atomic E-state index is 11.8. The van der Waals surface area contributed by atoms with Gasteiger partial charge in [-0.3, -0.25) is 9.59 Å². The van der Waals surface area contributed by atoms with E-state index in [9.17, 15) is 14.7 Å². The average Bonchev–Trinajstić information content (AvgIpc) is 3.00. The summed E-state index contributed by atoms with van der Waals surface area (Å²) in [6.45, 7) is 4.26. The molecule has 0 unspecified atom stereocenters. The molecule has 0 fully saturated rings. The molecule has 1 atom stereocenters. The Balaban J connectivity index is 1.77. The van der Waals surface area contributed by atoms with Gasteiger partial charge in [0.1, 0.15) is 6.10 Å². The summed E-state index contributed by atoms with van der Waals surface area (Å²) >= 11 is 0. The van der Waals surface area contributed by atoms with Gasteiger partial charge in [-0.1, -0.05) is 18.2 Å². The largest absolute Gasteiger partial charge is 0.466 e. The molecule has 0 spiro atoms. The molecule has 7 heteroatoms. The van der Waals surface area contributed by atoms with E-state index in [-0.39, 0.29) is 13.0 Å². The van der Waals surface area contributed by atoms with E-state index in [1.165, 1.54) is 0 Å². The molecule has 0 radical (unpaired) electrons. The van der Waals surface area contributed by atoms with E-state index in [4.69, 9.17) is 4.74 Å². The van der Waals surface area contributed by atoms with Gasteiger partial charge >= 0.3 is 5.97 Å². The van der Waals surface area contributed by atoms with Crippen LogP contribution in [0.2, 0.25) is 0 Å². The Morgan fingerprint density at radius 3 is 2.73 bits per heavy atom. The van der Waals surface area contributed by atoms with Crippen LogP contribution in [0.4, 0.5) is 0 Å². The number of hydrogen-bond donors (Lipinski definition) is 2. The monoisotopic (exact) mass is 359 g/mol. The minimum atomic E-state index is -1.38. The molecule has 1 aromatic heterocycles. The number of carbonyl (C=O) groups is 2. The molecule has 1 aromatic carbocycles. The SMILES string of the molecule is CCOC(=O)C[C@@H](O)C(=O)NCCCc1cn(-c2ccccc2)nc1C. The molecule has 140 valence electrons. The van der Waals surface area contributed by atoms with Gasteiger partial charge in [0.05, 0.1) is 24.4 Å². The van der Waals surface area contributed by atoms with Gasteiger partial charge in [0.25, 0.3) is 0 Å². The number of esters is 1. The first-order valence-electron chi connectivity index (χ1n) is 8.73. The first kappa shape index (κ1) is 19.7. The van der Waals surface area contributed by atoms with Crippen molar-refractivity contribution in [3.63, 3.8) is 0 Å². The number of aryl methyl sites for hydroxylation is 2. The fourth-order valence-corrected chi connectivity index (χ4v) is 2.53. The summed E-state index contributed by atoms with van der Waals surface area (Å²) in [6.07, 6.45) is 1.74. The van der Waals surface area contributed by atoms with Crippen LogP contribution in [0.1, 0.15) is 31.0 Å². The van der Waals surface area contributed by atoms with Crippen LogP contribution in [0, 0.1) is 6.92 Å². The van der Waals surface area contributed by atoms with Crippen molar-refractivity contribution in [1.29, 1.82) is 0 Å². The van der Waals surface area contributed by atoms with Crippen molar-refractivity contribution in [3.05, 3.63) is 47.8 Å². The van der Waals surface area contributed by atoms with E-state index < -0.39 is 18.0 Å². The second-order valence-corrected chi connectivity index (χ2v) is 5.94. The summed E-state index contributed by atoms with van der Waals surface area (Å²) in [4.78, 5) is 23.0. The van der Waals surface area contributed by atoms with Crippen LogP contribution in [0.3, 0.4) is 0 Å². The van der Waals surface area contributed by atoms with Gasteiger partial charge < -0.3 is 15.2 Å². The number of benzene rings is 1. The Kier molecular flexibility index (Phi) is 7.35. The number of carbonyl (C=O) groups excluding carboxylic acids is 2. The van der Waals surface area contributed by atoms with Crippen LogP contribution < -0.4 is 5.32 Å². The lowest BCUT2D eigenvalue weighted by atomic mass is 10.1. The van der Waals surface area contributed by atoms with Crippen LogP contribution >= 0.6 is 0 Å². The molecule has 0 bridgehead atoms. The Hall–Kier alpha value is -2.67. The topological polar surface area (TPSA) is 93.5 Å². The number of hydrogen-bond acceptors (Lipinski definition) is 5. The third-order valence-electron chi connectivity index (χ3n) is 3.91. The van der Waals surface area contributed by atoms with Gasteiger partial charge in [-0.25, -0.2) is 4.68 Å².